The number of halogens is 1. The van der Waals surface area contributed by atoms with Gasteiger partial charge in [-0.25, -0.2) is 0 Å². The van der Waals surface area contributed by atoms with E-state index in [9.17, 15) is 4.79 Å². The third-order valence-electron chi connectivity index (χ3n) is 2.67. The first-order valence-corrected chi connectivity index (χ1v) is 6.12. The Morgan fingerprint density at radius 2 is 1.78 bits per heavy atom. The van der Waals surface area contributed by atoms with Gasteiger partial charge in [0, 0.05) is 11.6 Å². The smallest absolute Gasteiger partial charge is 0.151 e. The van der Waals surface area contributed by atoms with E-state index in [2.05, 4.69) is 6.92 Å². The first-order chi connectivity index (χ1) is 8.72. The van der Waals surface area contributed by atoms with E-state index in [0.29, 0.717) is 16.3 Å². The van der Waals surface area contributed by atoms with E-state index in [1.165, 1.54) is 5.56 Å². The SMILES string of the molecule is CCc1ccc(Oc2ccc(C=O)c(Cl)c2)cc1. The molecule has 0 fully saturated rings. The molecule has 0 aliphatic heterocycles. The van der Waals surface area contributed by atoms with Crippen LogP contribution in [0.4, 0.5) is 0 Å². The van der Waals surface area contributed by atoms with Crippen molar-refractivity contribution in [3.63, 3.8) is 0 Å². The van der Waals surface area contributed by atoms with Crippen LogP contribution in [0.1, 0.15) is 22.8 Å². The predicted molar refractivity (Wildman–Crippen MR) is 72.7 cm³/mol. The quantitative estimate of drug-likeness (QED) is 0.756. The maximum atomic E-state index is 10.6. The molecule has 2 nitrogen and oxygen atoms in total. The maximum Gasteiger partial charge on any atom is 0.151 e. The molecule has 0 spiro atoms. The Kier molecular flexibility index (Phi) is 4.00. The Balaban J connectivity index is 2.17. The Morgan fingerprint density at radius 3 is 2.33 bits per heavy atom. The molecule has 2 aromatic rings. The molecule has 0 aliphatic carbocycles. The molecule has 0 aliphatic rings. The molecule has 0 heterocycles. The maximum absolute atomic E-state index is 10.6. The third-order valence-corrected chi connectivity index (χ3v) is 2.99. The second-order valence-corrected chi connectivity index (χ2v) is 4.31. The summed E-state index contributed by atoms with van der Waals surface area (Å²) in [5, 5.41) is 0.396. The lowest BCUT2D eigenvalue weighted by Crippen LogP contribution is -1.87. The number of carbonyl (C=O) groups excluding carboxylic acids is 1. The lowest BCUT2D eigenvalue weighted by Gasteiger charge is -2.07. The highest BCUT2D eigenvalue weighted by molar-refractivity contribution is 6.33. The fourth-order valence-corrected chi connectivity index (χ4v) is 1.81. The number of aldehydes is 1. The number of rotatable bonds is 4. The topological polar surface area (TPSA) is 26.3 Å². The molecule has 2 aromatic carbocycles. The standard InChI is InChI=1S/C15H13ClO2/c1-2-11-3-6-13(7-4-11)18-14-8-5-12(10-17)15(16)9-14/h3-10H,2H2,1H3. The summed E-state index contributed by atoms with van der Waals surface area (Å²) in [7, 11) is 0. The molecular formula is C15H13ClO2. The van der Waals surface area contributed by atoms with Gasteiger partial charge in [-0.2, -0.15) is 0 Å². The van der Waals surface area contributed by atoms with Gasteiger partial charge < -0.3 is 4.74 Å². The number of aryl methyl sites for hydroxylation is 1. The summed E-state index contributed by atoms with van der Waals surface area (Å²) in [4.78, 5) is 10.6. The van der Waals surface area contributed by atoms with E-state index >= 15 is 0 Å². The molecule has 0 N–H and O–H groups in total. The highest BCUT2D eigenvalue weighted by atomic mass is 35.5. The number of hydrogen-bond donors (Lipinski definition) is 0. The zero-order valence-corrected chi connectivity index (χ0v) is 10.8. The van der Waals surface area contributed by atoms with E-state index in [1.807, 2.05) is 24.3 Å². The van der Waals surface area contributed by atoms with Crippen molar-refractivity contribution >= 4 is 17.9 Å². The van der Waals surface area contributed by atoms with Gasteiger partial charge in [0.2, 0.25) is 0 Å². The first kappa shape index (κ1) is 12.7. The van der Waals surface area contributed by atoms with Gasteiger partial charge in [-0.3, -0.25) is 4.79 Å². The molecule has 0 atom stereocenters. The van der Waals surface area contributed by atoms with Crippen LogP contribution in [-0.4, -0.2) is 6.29 Å². The molecule has 0 radical (unpaired) electrons. The van der Waals surface area contributed by atoms with Crippen molar-refractivity contribution in [2.75, 3.05) is 0 Å². The third kappa shape index (κ3) is 2.90. The average molecular weight is 261 g/mol. The average Bonchev–Trinajstić information content (AvgIpc) is 2.40. The van der Waals surface area contributed by atoms with Gasteiger partial charge >= 0.3 is 0 Å². The number of ether oxygens (including phenoxy) is 1. The molecule has 3 heteroatoms. The highest BCUT2D eigenvalue weighted by Gasteiger charge is 2.02. The lowest BCUT2D eigenvalue weighted by molar-refractivity contribution is 0.112. The predicted octanol–water partition coefficient (Wildman–Crippen LogP) is 4.51. The van der Waals surface area contributed by atoms with Gasteiger partial charge in [-0.05, 0) is 36.2 Å². The largest absolute Gasteiger partial charge is 0.457 e. The summed E-state index contributed by atoms with van der Waals surface area (Å²) in [6, 6.07) is 12.9. The summed E-state index contributed by atoms with van der Waals surface area (Å²) >= 11 is 5.93. The number of hydrogen-bond acceptors (Lipinski definition) is 2. The number of carbonyl (C=O) groups is 1. The van der Waals surface area contributed by atoms with Crippen molar-refractivity contribution < 1.29 is 9.53 Å². The molecule has 0 unspecified atom stereocenters. The van der Waals surface area contributed by atoms with Crippen LogP contribution in [0, 0.1) is 0 Å². The number of benzene rings is 2. The minimum Gasteiger partial charge on any atom is -0.457 e. The van der Waals surface area contributed by atoms with Crippen molar-refractivity contribution in [3.8, 4) is 11.5 Å². The first-order valence-electron chi connectivity index (χ1n) is 5.74. The second-order valence-electron chi connectivity index (χ2n) is 3.90. The van der Waals surface area contributed by atoms with Crippen molar-refractivity contribution in [3.05, 3.63) is 58.6 Å². The summed E-state index contributed by atoms with van der Waals surface area (Å²) < 4.78 is 5.66. The monoisotopic (exact) mass is 260 g/mol. The van der Waals surface area contributed by atoms with Crippen molar-refractivity contribution in [2.45, 2.75) is 13.3 Å². The van der Waals surface area contributed by atoms with Gasteiger partial charge in [0.05, 0.1) is 5.02 Å². The van der Waals surface area contributed by atoms with Gasteiger partial charge in [-0.1, -0.05) is 30.7 Å². The van der Waals surface area contributed by atoms with Gasteiger partial charge in [0.15, 0.2) is 6.29 Å². The van der Waals surface area contributed by atoms with Crippen molar-refractivity contribution in [2.24, 2.45) is 0 Å². The van der Waals surface area contributed by atoms with E-state index in [4.69, 9.17) is 16.3 Å². The van der Waals surface area contributed by atoms with Crippen LogP contribution in [0.25, 0.3) is 0 Å². The van der Waals surface area contributed by atoms with Gasteiger partial charge in [-0.15, -0.1) is 0 Å². The fraction of sp³-hybridized carbons (Fsp3) is 0.133. The summed E-state index contributed by atoms with van der Waals surface area (Å²) in [5.74, 6) is 1.37. The summed E-state index contributed by atoms with van der Waals surface area (Å²) in [6.07, 6.45) is 1.72. The Bertz CT molecular complexity index is 547. The summed E-state index contributed by atoms with van der Waals surface area (Å²) in [5.41, 5.74) is 1.72. The van der Waals surface area contributed by atoms with E-state index in [-0.39, 0.29) is 0 Å². The molecule has 0 amide bonds. The molecule has 92 valence electrons. The highest BCUT2D eigenvalue weighted by Crippen LogP contribution is 2.26. The molecule has 2 rings (SSSR count). The van der Waals surface area contributed by atoms with E-state index in [1.54, 1.807) is 18.2 Å². The lowest BCUT2D eigenvalue weighted by atomic mass is 10.2. The summed E-state index contributed by atoms with van der Waals surface area (Å²) in [6.45, 7) is 2.10. The van der Waals surface area contributed by atoms with Crippen LogP contribution in [0.15, 0.2) is 42.5 Å². The minimum atomic E-state index is 0.396. The van der Waals surface area contributed by atoms with Crippen molar-refractivity contribution in [1.29, 1.82) is 0 Å². The Hall–Kier alpha value is -1.80. The van der Waals surface area contributed by atoms with Crippen LogP contribution in [0.5, 0.6) is 11.5 Å². The van der Waals surface area contributed by atoms with Crippen LogP contribution >= 0.6 is 11.6 Å². The molecule has 0 bridgehead atoms. The van der Waals surface area contributed by atoms with Gasteiger partial charge in [0.25, 0.3) is 0 Å². The van der Waals surface area contributed by atoms with Crippen LogP contribution in [0.3, 0.4) is 0 Å². The van der Waals surface area contributed by atoms with Crippen LogP contribution in [-0.2, 0) is 6.42 Å². The molecule has 0 saturated heterocycles. The van der Waals surface area contributed by atoms with Crippen LogP contribution < -0.4 is 4.74 Å². The second kappa shape index (κ2) is 5.69. The van der Waals surface area contributed by atoms with Gasteiger partial charge in [0.1, 0.15) is 11.5 Å². The van der Waals surface area contributed by atoms with Crippen LogP contribution in [0.2, 0.25) is 5.02 Å². The zero-order chi connectivity index (χ0) is 13.0. The fourth-order valence-electron chi connectivity index (χ4n) is 1.60. The zero-order valence-electron chi connectivity index (χ0n) is 10.0. The molecular weight excluding hydrogens is 248 g/mol. The Morgan fingerprint density at radius 1 is 1.11 bits per heavy atom. The molecule has 0 aromatic heterocycles. The Labute approximate surface area is 111 Å². The van der Waals surface area contributed by atoms with E-state index < -0.39 is 0 Å². The molecule has 0 saturated carbocycles. The normalized spacial score (nSPS) is 10.1. The van der Waals surface area contributed by atoms with E-state index in [0.717, 1.165) is 18.5 Å². The minimum absolute atomic E-state index is 0.396. The van der Waals surface area contributed by atoms with Crippen molar-refractivity contribution in [1.82, 2.24) is 0 Å². The molecule has 18 heavy (non-hydrogen) atoms.